The van der Waals surface area contributed by atoms with Crippen LogP contribution in [0.25, 0.3) is 0 Å². The third kappa shape index (κ3) is 1.93. The highest BCUT2D eigenvalue weighted by Gasteiger charge is 2.60. The van der Waals surface area contributed by atoms with Crippen molar-refractivity contribution in [2.45, 2.75) is 50.8 Å². The zero-order valence-electron chi connectivity index (χ0n) is 11.6. The van der Waals surface area contributed by atoms with Crippen LogP contribution in [0, 0.1) is 6.92 Å². The molecule has 2 bridgehead atoms. The number of benzene rings is 1. The lowest BCUT2D eigenvalue weighted by Gasteiger charge is -2.29. The molecule has 2 aliphatic rings. The van der Waals surface area contributed by atoms with Crippen LogP contribution >= 0.6 is 0 Å². The van der Waals surface area contributed by atoms with Gasteiger partial charge in [-0.1, -0.05) is 36.4 Å². The molecule has 3 nitrogen and oxygen atoms in total. The van der Waals surface area contributed by atoms with Gasteiger partial charge in [0.15, 0.2) is 0 Å². The number of fused-ring (bicyclic) bond motifs is 2. The maximum absolute atomic E-state index is 10.3. The third-order valence-corrected chi connectivity index (χ3v) is 4.30. The van der Waals surface area contributed by atoms with Crippen LogP contribution in [0.15, 0.2) is 36.4 Å². The number of hydrogen-bond acceptors (Lipinski definition) is 3. The van der Waals surface area contributed by atoms with Crippen molar-refractivity contribution in [1.29, 1.82) is 0 Å². The van der Waals surface area contributed by atoms with Crippen molar-refractivity contribution in [3.05, 3.63) is 47.5 Å². The van der Waals surface area contributed by atoms with Gasteiger partial charge in [0.05, 0.1) is 6.61 Å². The summed E-state index contributed by atoms with van der Waals surface area (Å²) in [7, 11) is 0. The van der Waals surface area contributed by atoms with E-state index in [1.807, 2.05) is 38.1 Å². The minimum Gasteiger partial charge on any atom is -0.387 e. The molecule has 19 heavy (non-hydrogen) atoms. The van der Waals surface area contributed by atoms with Crippen molar-refractivity contribution in [2.75, 3.05) is 0 Å². The molecule has 102 valence electrons. The second-order valence-electron chi connectivity index (χ2n) is 5.91. The van der Waals surface area contributed by atoms with Crippen molar-refractivity contribution in [3.63, 3.8) is 0 Å². The van der Waals surface area contributed by atoms with Crippen LogP contribution < -0.4 is 0 Å². The molecule has 1 fully saturated rings. The van der Waals surface area contributed by atoms with Crippen LogP contribution in [0.1, 0.15) is 25.0 Å². The number of hydrogen-bond donors (Lipinski definition) is 1. The van der Waals surface area contributed by atoms with Crippen LogP contribution in [0.4, 0.5) is 0 Å². The summed E-state index contributed by atoms with van der Waals surface area (Å²) in [6.45, 7) is 6.43. The lowest BCUT2D eigenvalue weighted by atomic mass is 9.85. The smallest absolute Gasteiger partial charge is 0.119 e. The van der Waals surface area contributed by atoms with E-state index in [9.17, 15) is 5.11 Å². The van der Waals surface area contributed by atoms with E-state index in [0.717, 1.165) is 5.56 Å². The molecule has 0 aliphatic carbocycles. The van der Waals surface area contributed by atoms with E-state index in [2.05, 4.69) is 19.1 Å². The lowest BCUT2D eigenvalue weighted by Crippen LogP contribution is -2.45. The van der Waals surface area contributed by atoms with Gasteiger partial charge in [-0.05, 0) is 31.9 Å². The molecule has 1 N–H and O–H groups in total. The molecule has 0 aromatic heterocycles. The quantitative estimate of drug-likeness (QED) is 0.848. The van der Waals surface area contributed by atoms with Crippen LogP contribution in [-0.2, 0) is 16.1 Å². The average molecular weight is 260 g/mol. The van der Waals surface area contributed by atoms with E-state index in [-0.39, 0.29) is 6.10 Å². The van der Waals surface area contributed by atoms with Gasteiger partial charge < -0.3 is 14.6 Å². The Kier molecular flexibility index (Phi) is 2.82. The summed E-state index contributed by atoms with van der Waals surface area (Å²) >= 11 is 0. The summed E-state index contributed by atoms with van der Waals surface area (Å²) < 4.78 is 11.9. The van der Waals surface area contributed by atoms with E-state index >= 15 is 0 Å². The van der Waals surface area contributed by atoms with Gasteiger partial charge in [-0.25, -0.2) is 0 Å². The zero-order valence-corrected chi connectivity index (χ0v) is 11.6. The fourth-order valence-corrected chi connectivity index (χ4v) is 3.01. The monoisotopic (exact) mass is 260 g/mol. The van der Waals surface area contributed by atoms with Gasteiger partial charge in [-0.3, -0.25) is 0 Å². The summed E-state index contributed by atoms with van der Waals surface area (Å²) in [5.74, 6) is 0. The van der Waals surface area contributed by atoms with E-state index < -0.39 is 17.3 Å². The van der Waals surface area contributed by atoms with Gasteiger partial charge in [0.2, 0.25) is 0 Å². The minimum absolute atomic E-state index is 0.317. The first-order valence-corrected chi connectivity index (χ1v) is 6.69. The Balaban J connectivity index is 1.75. The molecule has 0 saturated carbocycles. The Morgan fingerprint density at radius 2 is 1.89 bits per heavy atom. The molecule has 1 aromatic carbocycles. The van der Waals surface area contributed by atoms with Crippen LogP contribution in [0.2, 0.25) is 0 Å². The third-order valence-electron chi connectivity index (χ3n) is 4.30. The van der Waals surface area contributed by atoms with Crippen molar-refractivity contribution >= 4 is 0 Å². The molecule has 0 radical (unpaired) electrons. The molecule has 3 rings (SSSR count). The molecule has 2 heterocycles. The van der Waals surface area contributed by atoms with E-state index in [0.29, 0.717) is 6.61 Å². The van der Waals surface area contributed by atoms with Crippen molar-refractivity contribution in [3.8, 4) is 0 Å². The van der Waals surface area contributed by atoms with Gasteiger partial charge in [0, 0.05) is 0 Å². The first-order valence-electron chi connectivity index (χ1n) is 6.69. The normalized spacial score (nSPS) is 40.0. The lowest BCUT2D eigenvalue weighted by molar-refractivity contribution is -0.0718. The molecule has 2 aliphatic heterocycles. The van der Waals surface area contributed by atoms with Crippen LogP contribution in [0.3, 0.4) is 0 Å². The largest absolute Gasteiger partial charge is 0.387 e. The molecular formula is C16H20O3. The van der Waals surface area contributed by atoms with Crippen molar-refractivity contribution in [2.24, 2.45) is 0 Å². The Morgan fingerprint density at radius 3 is 2.53 bits per heavy atom. The summed E-state index contributed by atoms with van der Waals surface area (Å²) in [6, 6.07) is 8.13. The fraction of sp³-hybridized carbons (Fsp3) is 0.500. The van der Waals surface area contributed by atoms with Gasteiger partial charge in [0.25, 0.3) is 0 Å². The van der Waals surface area contributed by atoms with Gasteiger partial charge in [0.1, 0.15) is 23.4 Å². The van der Waals surface area contributed by atoms with Gasteiger partial charge >= 0.3 is 0 Å². The predicted molar refractivity (Wildman–Crippen MR) is 72.8 cm³/mol. The number of ether oxygens (including phenoxy) is 2. The molecule has 1 aromatic rings. The topological polar surface area (TPSA) is 38.7 Å². The zero-order chi connectivity index (χ0) is 13.7. The highest BCUT2D eigenvalue weighted by Crippen LogP contribution is 2.47. The molecule has 3 heteroatoms. The highest BCUT2D eigenvalue weighted by atomic mass is 16.6. The first-order chi connectivity index (χ1) is 8.95. The number of aliphatic hydroxyl groups is 1. The maximum atomic E-state index is 10.3. The molecule has 4 unspecified atom stereocenters. The number of rotatable bonds is 3. The average Bonchev–Trinajstić information content (AvgIpc) is 2.77. The second kappa shape index (κ2) is 4.17. The predicted octanol–water partition coefficient (Wildman–Crippen LogP) is 2.36. The molecule has 0 amide bonds. The summed E-state index contributed by atoms with van der Waals surface area (Å²) in [4.78, 5) is 0. The summed E-state index contributed by atoms with van der Waals surface area (Å²) in [6.07, 6.45) is 3.00. The SMILES string of the molecule is Cc1ccccc1COC1C(O)C2(C)C=CC1(C)O2. The van der Waals surface area contributed by atoms with E-state index in [1.165, 1.54) is 5.56 Å². The van der Waals surface area contributed by atoms with Crippen LogP contribution in [-0.4, -0.2) is 28.5 Å². The number of aryl methyl sites for hydroxylation is 1. The summed E-state index contributed by atoms with van der Waals surface area (Å²) in [5.41, 5.74) is 1.23. The molecular weight excluding hydrogens is 240 g/mol. The Bertz CT molecular complexity index is 524. The van der Waals surface area contributed by atoms with E-state index in [1.54, 1.807) is 0 Å². The Hall–Kier alpha value is -1.16. The minimum atomic E-state index is -0.619. The number of aliphatic hydroxyl groups excluding tert-OH is 1. The van der Waals surface area contributed by atoms with E-state index in [4.69, 9.17) is 9.47 Å². The van der Waals surface area contributed by atoms with Gasteiger partial charge in [-0.2, -0.15) is 0 Å². The highest BCUT2D eigenvalue weighted by molar-refractivity contribution is 5.30. The molecule has 0 spiro atoms. The fourth-order valence-electron chi connectivity index (χ4n) is 3.01. The second-order valence-corrected chi connectivity index (χ2v) is 5.91. The van der Waals surface area contributed by atoms with Crippen LogP contribution in [0.5, 0.6) is 0 Å². The standard InChI is InChI=1S/C16H20O3/c1-11-6-4-5-7-12(11)10-18-14-13(17)15(2)8-9-16(14,3)19-15/h4-9,13-14,17H,10H2,1-3H3. The van der Waals surface area contributed by atoms with Gasteiger partial charge in [-0.15, -0.1) is 0 Å². The van der Waals surface area contributed by atoms with Crippen molar-refractivity contribution < 1.29 is 14.6 Å². The Labute approximate surface area is 113 Å². The van der Waals surface area contributed by atoms with Crippen molar-refractivity contribution in [1.82, 2.24) is 0 Å². The Morgan fingerprint density at radius 1 is 1.21 bits per heavy atom. The molecule has 1 saturated heterocycles. The summed E-state index contributed by atoms with van der Waals surface area (Å²) in [5, 5.41) is 10.3. The molecule has 4 atom stereocenters. The first kappa shape index (κ1) is 12.9. The maximum Gasteiger partial charge on any atom is 0.119 e.